The molecule has 2 fully saturated rings. The number of fused-ring (bicyclic) bond motifs is 2. The summed E-state index contributed by atoms with van der Waals surface area (Å²) in [7, 11) is 0. The van der Waals surface area contributed by atoms with Crippen LogP contribution in [0.25, 0.3) is 11.1 Å². The highest BCUT2D eigenvalue weighted by Gasteiger charge is 2.39. The van der Waals surface area contributed by atoms with Crippen LogP contribution in [0.2, 0.25) is 0 Å². The van der Waals surface area contributed by atoms with Crippen LogP contribution in [0.15, 0.2) is 17.1 Å². The molecule has 1 aliphatic carbocycles. The van der Waals surface area contributed by atoms with Gasteiger partial charge in [-0.3, -0.25) is 4.79 Å². The Balaban J connectivity index is 1.34. The topological polar surface area (TPSA) is 106 Å². The second-order valence-electron chi connectivity index (χ2n) is 8.93. The quantitative estimate of drug-likeness (QED) is 0.687. The number of aryl methyl sites for hydroxylation is 1. The smallest absolute Gasteiger partial charge is 0.258 e. The maximum atomic E-state index is 13.6. The molecule has 1 amide bonds. The van der Waals surface area contributed by atoms with E-state index in [0.29, 0.717) is 47.8 Å². The minimum atomic E-state index is -0.0826. The number of carbonyl (C=O) groups is 1. The van der Waals surface area contributed by atoms with Gasteiger partial charge < -0.3 is 19.4 Å². The maximum Gasteiger partial charge on any atom is 0.258 e. The van der Waals surface area contributed by atoms with Crippen molar-refractivity contribution in [3.63, 3.8) is 0 Å². The van der Waals surface area contributed by atoms with Crippen LogP contribution in [0, 0.1) is 6.92 Å². The first-order valence-corrected chi connectivity index (χ1v) is 10.8. The lowest BCUT2D eigenvalue weighted by Crippen LogP contribution is -2.38. The highest BCUT2D eigenvalue weighted by molar-refractivity contribution is 6.10. The Labute approximate surface area is 179 Å². The summed E-state index contributed by atoms with van der Waals surface area (Å²) >= 11 is 0. The Hall–Kier alpha value is -3.07. The van der Waals surface area contributed by atoms with Gasteiger partial charge in [-0.1, -0.05) is 0 Å². The van der Waals surface area contributed by atoms with Crippen molar-refractivity contribution in [1.82, 2.24) is 24.8 Å². The van der Waals surface area contributed by atoms with Crippen molar-refractivity contribution in [3.05, 3.63) is 40.9 Å². The van der Waals surface area contributed by atoms with Crippen molar-refractivity contribution >= 4 is 22.8 Å². The lowest BCUT2D eigenvalue weighted by molar-refractivity contribution is -0.0560. The minimum absolute atomic E-state index is 0.0216. The van der Waals surface area contributed by atoms with E-state index in [9.17, 15) is 4.79 Å². The molecule has 3 aliphatic rings. The predicted octanol–water partition coefficient (Wildman–Crippen LogP) is 2.95. The van der Waals surface area contributed by atoms with Gasteiger partial charge in [-0.2, -0.15) is 0 Å². The molecule has 0 spiro atoms. The molecule has 1 atom stereocenters. The molecule has 1 unspecified atom stereocenters. The zero-order valence-corrected chi connectivity index (χ0v) is 17.6. The first kappa shape index (κ1) is 18.7. The molecule has 0 bridgehead atoms. The summed E-state index contributed by atoms with van der Waals surface area (Å²) in [6, 6.07) is 0. The third-order valence-corrected chi connectivity index (χ3v) is 6.63. The third kappa shape index (κ3) is 3.06. The number of aromatic nitrogens is 4. The molecule has 6 rings (SSSR count). The van der Waals surface area contributed by atoms with Crippen molar-refractivity contribution in [1.29, 1.82) is 0 Å². The van der Waals surface area contributed by atoms with Gasteiger partial charge in [0.2, 0.25) is 5.71 Å². The average molecular weight is 420 g/mol. The molecule has 1 N–H and O–H groups in total. The second-order valence-corrected chi connectivity index (χ2v) is 8.93. The van der Waals surface area contributed by atoms with Crippen molar-refractivity contribution in [2.24, 2.45) is 0 Å². The maximum absolute atomic E-state index is 13.6. The highest BCUT2D eigenvalue weighted by atomic mass is 16.5. The number of rotatable bonds is 4. The summed E-state index contributed by atoms with van der Waals surface area (Å²) in [5.41, 5.74) is 3.98. The number of hydrogen-bond donors (Lipinski definition) is 1. The van der Waals surface area contributed by atoms with E-state index in [1.54, 1.807) is 6.33 Å². The summed E-state index contributed by atoms with van der Waals surface area (Å²) < 4.78 is 11.5. The fourth-order valence-electron chi connectivity index (χ4n) is 4.43. The van der Waals surface area contributed by atoms with Gasteiger partial charge in [0.25, 0.3) is 5.91 Å². The van der Waals surface area contributed by atoms with Crippen LogP contribution in [-0.4, -0.2) is 49.4 Å². The van der Waals surface area contributed by atoms with E-state index in [2.05, 4.69) is 32.2 Å². The number of furan rings is 1. The van der Waals surface area contributed by atoms with E-state index < -0.39 is 0 Å². The van der Waals surface area contributed by atoms with Crippen molar-refractivity contribution in [2.75, 3.05) is 18.5 Å². The Kier molecular flexibility index (Phi) is 4.05. The Morgan fingerprint density at radius 2 is 2.03 bits per heavy atom. The lowest BCUT2D eigenvalue weighted by Gasteiger charge is -2.32. The summed E-state index contributed by atoms with van der Waals surface area (Å²) in [4.78, 5) is 33.1. The predicted molar refractivity (Wildman–Crippen MR) is 112 cm³/mol. The number of carbonyl (C=O) groups excluding carboxylic acids is 1. The number of nitrogens with one attached hydrogen (secondary N) is 1. The van der Waals surface area contributed by atoms with Crippen LogP contribution in [0.3, 0.4) is 0 Å². The summed E-state index contributed by atoms with van der Waals surface area (Å²) in [5.74, 6) is 1.14. The van der Waals surface area contributed by atoms with Gasteiger partial charge in [0, 0.05) is 24.1 Å². The first-order chi connectivity index (χ1) is 15.0. The van der Waals surface area contributed by atoms with E-state index in [4.69, 9.17) is 9.15 Å². The van der Waals surface area contributed by atoms with Crippen molar-refractivity contribution in [3.8, 4) is 0 Å². The van der Waals surface area contributed by atoms with Gasteiger partial charge in [-0.05, 0) is 33.1 Å². The van der Waals surface area contributed by atoms with Gasteiger partial charge in [0.15, 0.2) is 0 Å². The fraction of sp³-hybridized carbons (Fsp3) is 0.500. The summed E-state index contributed by atoms with van der Waals surface area (Å²) in [6.45, 7) is 5.78. The van der Waals surface area contributed by atoms with Gasteiger partial charge >= 0.3 is 0 Å². The summed E-state index contributed by atoms with van der Waals surface area (Å²) in [5, 5.41) is 4.14. The molecule has 2 aliphatic heterocycles. The molecule has 1 saturated heterocycles. The minimum Gasteiger partial charge on any atom is -0.442 e. The number of nitrogens with zero attached hydrogens (tertiary/aromatic N) is 5. The molecule has 31 heavy (non-hydrogen) atoms. The van der Waals surface area contributed by atoms with Crippen LogP contribution in [0.4, 0.5) is 5.82 Å². The molecule has 0 aromatic carbocycles. The lowest BCUT2D eigenvalue weighted by atomic mass is 9.96. The van der Waals surface area contributed by atoms with Crippen LogP contribution < -0.4 is 5.32 Å². The standard InChI is InChI=1S/C22H24N6O3/c1-12-16(17-19(27-22(2)5-6-22)25-11-26-20(17)31-12)21(29)28-7-3-13-14(9-28)23-10-24-18(13)15-4-8-30-15/h10-11,15H,3-9H2,1-2H3,(H,25,26,27). The Bertz CT molecular complexity index is 1200. The molecule has 1 saturated carbocycles. The number of anilines is 1. The molecular formula is C22H24N6O3. The largest absolute Gasteiger partial charge is 0.442 e. The van der Waals surface area contributed by atoms with E-state index in [-0.39, 0.29) is 17.6 Å². The van der Waals surface area contributed by atoms with Crippen LogP contribution in [0.5, 0.6) is 0 Å². The first-order valence-electron chi connectivity index (χ1n) is 10.8. The zero-order valence-electron chi connectivity index (χ0n) is 17.6. The monoisotopic (exact) mass is 420 g/mol. The molecule has 0 radical (unpaired) electrons. The van der Waals surface area contributed by atoms with E-state index in [0.717, 1.165) is 42.8 Å². The number of amides is 1. The molecule has 9 nitrogen and oxygen atoms in total. The van der Waals surface area contributed by atoms with Crippen molar-refractivity contribution in [2.45, 2.75) is 57.7 Å². The average Bonchev–Trinajstić information content (AvgIpc) is 3.34. The van der Waals surface area contributed by atoms with Gasteiger partial charge in [-0.15, -0.1) is 0 Å². The van der Waals surface area contributed by atoms with Gasteiger partial charge in [-0.25, -0.2) is 19.9 Å². The molecule has 3 aromatic heterocycles. The highest BCUT2D eigenvalue weighted by Crippen LogP contribution is 2.40. The van der Waals surface area contributed by atoms with E-state index >= 15 is 0 Å². The number of ether oxygens (including phenoxy) is 1. The third-order valence-electron chi connectivity index (χ3n) is 6.63. The molecule has 3 aromatic rings. The van der Waals surface area contributed by atoms with Crippen LogP contribution in [0.1, 0.15) is 65.4 Å². The SMILES string of the molecule is Cc1oc2ncnc(NC3(C)CC3)c2c1C(=O)N1CCc2c(ncnc2C2CCO2)C1. The fourth-order valence-corrected chi connectivity index (χ4v) is 4.43. The van der Waals surface area contributed by atoms with Crippen LogP contribution >= 0.6 is 0 Å². The van der Waals surface area contributed by atoms with E-state index in [1.165, 1.54) is 6.33 Å². The molecule has 9 heteroatoms. The van der Waals surface area contributed by atoms with Crippen molar-refractivity contribution < 1.29 is 13.9 Å². The second kappa shape index (κ2) is 6.71. The Morgan fingerprint density at radius 3 is 2.77 bits per heavy atom. The van der Waals surface area contributed by atoms with Gasteiger partial charge in [0.1, 0.15) is 30.3 Å². The normalized spacial score (nSPS) is 21.5. The zero-order chi connectivity index (χ0) is 21.2. The van der Waals surface area contributed by atoms with E-state index in [1.807, 2.05) is 11.8 Å². The number of hydrogen-bond acceptors (Lipinski definition) is 8. The van der Waals surface area contributed by atoms with Gasteiger partial charge in [0.05, 0.1) is 35.5 Å². The molecular weight excluding hydrogens is 396 g/mol. The summed E-state index contributed by atoms with van der Waals surface area (Å²) in [6.07, 6.45) is 6.98. The molecule has 160 valence electrons. The van der Waals surface area contributed by atoms with Crippen LogP contribution in [-0.2, 0) is 17.7 Å². The Morgan fingerprint density at radius 1 is 1.23 bits per heavy atom. The molecule has 5 heterocycles.